The largest absolute Gasteiger partial charge is 2.00 e. The van der Waals surface area contributed by atoms with E-state index in [0.717, 1.165) is 12.2 Å². The average molecular weight is 244 g/mol. The van der Waals surface area contributed by atoms with Crippen LogP contribution in [-0.2, 0) is 17.1 Å². The SMILES string of the molecule is NCCN[c-]1cccc1.[Fe+2].c1cc[cH-]c1. The van der Waals surface area contributed by atoms with E-state index in [1.807, 2.05) is 54.6 Å². The molecular formula is C12H16FeN2. The van der Waals surface area contributed by atoms with Crippen LogP contribution >= 0.6 is 0 Å². The van der Waals surface area contributed by atoms with Gasteiger partial charge in [-0.25, -0.2) is 24.3 Å². The summed E-state index contributed by atoms with van der Waals surface area (Å²) in [7, 11) is 0. The van der Waals surface area contributed by atoms with Crippen LogP contribution in [0.3, 0.4) is 0 Å². The van der Waals surface area contributed by atoms with Crippen molar-refractivity contribution in [1.29, 1.82) is 0 Å². The Morgan fingerprint density at radius 2 is 1.67 bits per heavy atom. The fraction of sp³-hybridized carbons (Fsp3) is 0.167. The van der Waals surface area contributed by atoms with E-state index < -0.39 is 0 Å². The number of hydrogen-bond donors (Lipinski definition) is 2. The Balaban J connectivity index is 0.000000280. The van der Waals surface area contributed by atoms with Crippen LogP contribution in [0.5, 0.6) is 0 Å². The van der Waals surface area contributed by atoms with E-state index in [1.165, 1.54) is 0 Å². The number of hydrogen-bond acceptors (Lipinski definition) is 2. The van der Waals surface area contributed by atoms with Gasteiger partial charge >= 0.3 is 17.1 Å². The van der Waals surface area contributed by atoms with Crippen molar-refractivity contribution in [3.63, 3.8) is 0 Å². The Bertz CT molecular complexity index is 270. The summed E-state index contributed by atoms with van der Waals surface area (Å²) in [6, 6.07) is 18.0. The van der Waals surface area contributed by atoms with Crippen LogP contribution in [-0.4, -0.2) is 13.1 Å². The Morgan fingerprint density at radius 3 is 2.07 bits per heavy atom. The molecule has 2 aromatic rings. The van der Waals surface area contributed by atoms with Crippen molar-refractivity contribution in [2.45, 2.75) is 0 Å². The minimum Gasteiger partial charge on any atom is -0.435 e. The summed E-state index contributed by atoms with van der Waals surface area (Å²) < 4.78 is 0. The molecule has 2 aromatic carbocycles. The summed E-state index contributed by atoms with van der Waals surface area (Å²) in [5.74, 6) is 0. The Labute approximate surface area is 102 Å². The summed E-state index contributed by atoms with van der Waals surface area (Å²) >= 11 is 0. The molecule has 0 amide bonds. The number of anilines is 1. The van der Waals surface area contributed by atoms with E-state index in [0.29, 0.717) is 6.54 Å². The fourth-order valence-corrected chi connectivity index (χ4v) is 1.03. The van der Waals surface area contributed by atoms with Gasteiger partial charge in [-0.3, -0.25) is 0 Å². The van der Waals surface area contributed by atoms with Crippen molar-refractivity contribution in [2.24, 2.45) is 5.73 Å². The molecule has 0 aromatic heterocycles. The van der Waals surface area contributed by atoms with Crippen molar-refractivity contribution in [1.82, 2.24) is 0 Å². The normalized spacial score (nSPS) is 8.33. The molecule has 3 heteroatoms. The van der Waals surface area contributed by atoms with Gasteiger partial charge in [0.05, 0.1) is 0 Å². The zero-order valence-corrected chi connectivity index (χ0v) is 9.65. The second-order valence-corrected chi connectivity index (χ2v) is 2.85. The maximum absolute atomic E-state index is 5.28. The molecule has 0 aliphatic heterocycles. The molecule has 0 radical (unpaired) electrons. The Hall–Kier alpha value is -1.02. The van der Waals surface area contributed by atoms with Crippen LogP contribution in [0.1, 0.15) is 0 Å². The second kappa shape index (κ2) is 9.53. The Morgan fingerprint density at radius 1 is 1.07 bits per heavy atom. The summed E-state index contributed by atoms with van der Waals surface area (Å²) in [6.45, 7) is 1.54. The van der Waals surface area contributed by atoms with Crippen molar-refractivity contribution in [3.8, 4) is 0 Å². The average Bonchev–Trinajstić information content (AvgIpc) is 2.90. The molecular weight excluding hydrogens is 228 g/mol. The molecule has 0 atom stereocenters. The van der Waals surface area contributed by atoms with Gasteiger partial charge in [0.1, 0.15) is 0 Å². The minimum absolute atomic E-state index is 0. The van der Waals surface area contributed by atoms with Crippen LogP contribution < -0.4 is 11.1 Å². The van der Waals surface area contributed by atoms with Gasteiger partial charge in [0.2, 0.25) is 0 Å². The van der Waals surface area contributed by atoms with Gasteiger partial charge in [-0.15, -0.1) is 0 Å². The third kappa shape index (κ3) is 6.97. The zero-order valence-electron chi connectivity index (χ0n) is 8.54. The molecule has 3 N–H and O–H groups in total. The third-order valence-electron chi connectivity index (χ3n) is 1.69. The number of nitrogens with two attached hydrogens (primary N) is 1. The van der Waals surface area contributed by atoms with E-state index >= 15 is 0 Å². The van der Waals surface area contributed by atoms with E-state index in [9.17, 15) is 0 Å². The van der Waals surface area contributed by atoms with Crippen molar-refractivity contribution < 1.29 is 17.1 Å². The predicted molar refractivity (Wildman–Crippen MR) is 61.6 cm³/mol. The van der Waals surface area contributed by atoms with Gasteiger partial charge in [0, 0.05) is 13.1 Å². The molecule has 0 heterocycles. The monoisotopic (exact) mass is 244 g/mol. The van der Waals surface area contributed by atoms with Gasteiger partial charge in [-0.05, 0) is 0 Å². The van der Waals surface area contributed by atoms with Gasteiger partial charge in [-0.2, -0.15) is 30.3 Å². The molecule has 0 spiro atoms. The van der Waals surface area contributed by atoms with Gasteiger partial charge in [0.15, 0.2) is 0 Å². The topological polar surface area (TPSA) is 38.0 Å². The first-order valence-electron chi connectivity index (χ1n) is 4.76. The zero-order chi connectivity index (χ0) is 10.1. The van der Waals surface area contributed by atoms with E-state index in [-0.39, 0.29) is 17.1 Å². The number of nitrogens with one attached hydrogen (secondary N) is 1. The first-order chi connectivity index (χ1) is 6.93. The van der Waals surface area contributed by atoms with Gasteiger partial charge in [-0.1, -0.05) is 5.69 Å². The molecule has 0 aliphatic carbocycles. The molecule has 0 bridgehead atoms. The number of rotatable bonds is 3. The smallest absolute Gasteiger partial charge is 0.435 e. The summed E-state index contributed by atoms with van der Waals surface area (Å²) in [5, 5.41) is 3.15. The maximum Gasteiger partial charge on any atom is 2.00 e. The van der Waals surface area contributed by atoms with Gasteiger partial charge in [0.25, 0.3) is 0 Å². The van der Waals surface area contributed by atoms with Crippen molar-refractivity contribution in [3.05, 3.63) is 54.6 Å². The molecule has 2 rings (SSSR count). The quantitative estimate of drug-likeness (QED) is 0.641. The molecule has 0 saturated carbocycles. The summed E-state index contributed by atoms with van der Waals surface area (Å²) in [4.78, 5) is 0. The molecule has 0 saturated heterocycles. The molecule has 15 heavy (non-hydrogen) atoms. The third-order valence-corrected chi connectivity index (χ3v) is 1.69. The van der Waals surface area contributed by atoms with E-state index in [4.69, 9.17) is 5.73 Å². The molecule has 82 valence electrons. The van der Waals surface area contributed by atoms with Crippen LogP contribution in [0, 0.1) is 0 Å². The molecule has 2 nitrogen and oxygen atoms in total. The van der Waals surface area contributed by atoms with E-state index in [2.05, 4.69) is 5.32 Å². The first kappa shape index (κ1) is 14.0. The predicted octanol–water partition coefficient (Wildman–Crippen LogP) is 2.18. The molecule has 0 fully saturated rings. The van der Waals surface area contributed by atoms with Crippen molar-refractivity contribution >= 4 is 5.69 Å². The summed E-state index contributed by atoms with van der Waals surface area (Å²) in [6.07, 6.45) is 0. The molecule has 0 aliphatic rings. The van der Waals surface area contributed by atoms with Gasteiger partial charge < -0.3 is 11.1 Å². The van der Waals surface area contributed by atoms with Crippen LogP contribution in [0.2, 0.25) is 0 Å². The van der Waals surface area contributed by atoms with Crippen LogP contribution in [0.25, 0.3) is 0 Å². The van der Waals surface area contributed by atoms with Crippen LogP contribution in [0.4, 0.5) is 5.69 Å². The second-order valence-electron chi connectivity index (χ2n) is 2.85. The standard InChI is InChI=1S/C7H11N2.C5H5.Fe/c8-5-6-9-7-3-1-2-4-7;1-2-4-5-3-1;/h1-4,9H,5-6,8H2;1-5H;/q2*-1;+2. The Kier molecular flexibility index (Phi) is 8.88. The minimum atomic E-state index is 0. The fourth-order valence-electron chi connectivity index (χ4n) is 1.03. The van der Waals surface area contributed by atoms with E-state index in [1.54, 1.807) is 0 Å². The molecule has 0 unspecified atom stereocenters. The van der Waals surface area contributed by atoms with Crippen LogP contribution in [0.15, 0.2) is 54.6 Å². The summed E-state index contributed by atoms with van der Waals surface area (Å²) in [5.41, 5.74) is 6.44. The first-order valence-corrected chi connectivity index (χ1v) is 4.76. The van der Waals surface area contributed by atoms with Crippen molar-refractivity contribution in [2.75, 3.05) is 18.4 Å². The maximum atomic E-state index is 5.28.